The van der Waals surface area contributed by atoms with E-state index < -0.39 is 4.87 Å². The molecule has 4 nitrogen and oxygen atoms in total. The first-order chi connectivity index (χ1) is 11.5. The molecule has 1 unspecified atom stereocenters. The van der Waals surface area contributed by atoms with Gasteiger partial charge in [0, 0.05) is 11.3 Å². The van der Waals surface area contributed by atoms with Crippen molar-refractivity contribution >= 4 is 28.4 Å². The summed E-state index contributed by atoms with van der Waals surface area (Å²) in [6.45, 7) is 6.05. The highest BCUT2D eigenvalue weighted by atomic mass is 32.2. The van der Waals surface area contributed by atoms with Gasteiger partial charge in [0.1, 0.15) is 9.91 Å². The van der Waals surface area contributed by atoms with Gasteiger partial charge in [-0.3, -0.25) is 10.2 Å². The van der Waals surface area contributed by atoms with E-state index in [2.05, 4.69) is 21.9 Å². The van der Waals surface area contributed by atoms with E-state index in [1.165, 1.54) is 5.56 Å². The lowest BCUT2D eigenvalue weighted by atomic mass is 10.1. The Labute approximate surface area is 146 Å². The Hall–Kier alpha value is -2.27. The fourth-order valence-corrected chi connectivity index (χ4v) is 3.73. The number of nitrogens with one attached hydrogen (secondary N) is 2. The van der Waals surface area contributed by atoms with Gasteiger partial charge in [-0.05, 0) is 32.4 Å². The molecular formula is C19H21N3OS. The monoisotopic (exact) mass is 339 g/mol. The number of amides is 1. The Bertz CT molecular complexity index is 788. The summed E-state index contributed by atoms with van der Waals surface area (Å²) in [7, 11) is 0. The number of carbonyl (C=O) groups is 1. The van der Waals surface area contributed by atoms with Crippen LogP contribution < -0.4 is 10.7 Å². The van der Waals surface area contributed by atoms with Crippen molar-refractivity contribution in [3.8, 4) is 0 Å². The van der Waals surface area contributed by atoms with Crippen molar-refractivity contribution in [1.29, 1.82) is 0 Å². The lowest BCUT2D eigenvalue weighted by Crippen LogP contribution is -2.36. The van der Waals surface area contributed by atoms with Gasteiger partial charge in [-0.25, -0.2) is 0 Å². The molecule has 124 valence electrons. The van der Waals surface area contributed by atoms with Crippen LogP contribution in [-0.2, 0) is 4.79 Å². The number of nitrogens with zero attached hydrogens (tertiary/aromatic N) is 1. The smallest absolute Gasteiger partial charge is 0.227 e. The van der Waals surface area contributed by atoms with E-state index in [9.17, 15) is 4.79 Å². The average molecular weight is 339 g/mol. The number of carbonyl (C=O) groups excluding carboxylic acids is 1. The molecule has 2 aromatic carbocycles. The van der Waals surface area contributed by atoms with Crippen LogP contribution in [0.1, 0.15) is 30.0 Å². The number of aryl methyl sites for hydroxylation is 2. The van der Waals surface area contributed by atoms with Crippen LogP contribution in [0.2, 0.25) is 0 Å². The highest BCUT2D eigenvalue weighted by Crippen LogP contribution is 2.34. The lowest BCUT2D eigenvalue weighted by Gasteiger charge is -2.22. The number of benzene rings is 2. The molecule has 0 radical (unpaired) electrons. The molecule has 1 aliphatic rings. The van der Waals surface area contributed by atoms with Crippen molar-refractivity contribution in [3.63, 3.8) is 0 Å². The van der Waals surface area contributed by atoms with Crippen molar-refractivity contribution in [2.75, 3.05) is 5.32 Å². The Morgan fingerprint density at radius 3 is 2.67 bits per heavy atom. The maximum atomic E-state index is 12.4. The molecule has 24 heavy (non-hydrogen) atoms. The van der Waals surface area contributed by atoms with Crippen LogP contribution in [0.5, 0.6) is 0 Å². The van der Waals surface area contributed by atoms with E-state index in [0.29, 0.717) is 6.42 Å². The normalized spacial score (nSPS) is 19.5. The van der Waals surface area contributed by atoms with Gasteiger partial charge in [0.15, 0.2) is 0 Å². The first kappa shape index (κ1) is 16.6. The third-order valence-electron chi connectivity index (χ3n) is 3.89. The van der Waals surface area contributed by atoms with E-state index in [4.69, 9.17) is 0 Å². The Kier molecular flexibility index (Phi) is 4.62. The molecule has 0 spiro atoms. The van der Waals surface area contributed by atoms with E-state index in [0.717, 1.165) is 21.9 Å². The molecule has 1 atom stereocenters. The largest absolute Gasteiger partial charge is 0.326 e. The molecule has 1 aliphatic heterocycles. The second-order valence-corrected chi connectivity index (χ2v) is 7.76. The number of thioether (sulfide) groups is 1. The van der Waals surface area contributed by atoms with Gasteiger partial charge in [0.05, 0.1) is 6.42 Å². The van der Waals surface area contributed by atoms with Gasteiger partial charge in [-0.15, -0.1) is 0 Å². The molecule has 1 heterocycles. The third-order valence-corrected chi connectivity index (χ3v) is 5.10. The Balaban J connectivity index is 1.63. The summed E-state index contributed by atoms with van der Waals surface area (Å²) in [4.78, 5) is 12.0. The summed E-state index contributed by atoms with van der Waals surface area (Å²) in [5.74, 6) is -0.0195. The zero-order valence-electron chi connectivity index (χ0n) is 14.1. The van der Waals surface area contributed by atoms with E-state index in [-0.39, 0.29) is 5.91 Å². The maximum absolute atomic E-state index is 12.4. The van der Waals surface area contributed by atoms with Crippen LogP contribution in [0.25, 0.3) is 0 Å². The SMILES string of the molecule is Cc1ccc(NC(=O)CC2(C)NN=C(c3ccccc3)S2)c(C)c1. The molecule has 0 bridgehead atoms. The van der Waals surface area contributed by atoms with Crippen molar-refractivity contribution in [2.24, 2.45) is 5.10 Å². The summed E-state index contributed by atoms with van der Waals surface area (Å²) in [6.07, 6.45) is 0.338. The van der Waals surface area contributed by atoms with Crippen LogP contribution >= 0.6 is 11.8 Å². The minimum Gasteiger partial charge on any atom is -0.326 e. The molecular weight excluding hydrogens is 318 g/mol. The van der Waals surface area contributed by atoms with Crippen molar-refractivity contribution in [2.45, 2.75) is 32.1 Å². The summed E-state index contributed by atoms with van der Waals surface area (Å²) in [5, 5.41) is 8.31. The zero-order valence-corrected chi connectivity index (χ0v) is 14.9. The topological polar surface area (TPSA) is 53.5 Å². The fourth-order valence-electron chi connectivity index (χ4n) is 2.66. The molecule has 2 N–H and O–H groups in total. The van der Waals surface area contributed by atoms with Crippen molar-refractivity contribution in [3.05, 3.63) is 65.2 Å². The second kappa shape index (κ2) is 6.69. The third kappa shape index (κ3) is 3.79. The summed E-state index contributed by atoms with van der Waals surface area (Å²) >= 11 is 1.59. The molecule has 0 fully saturated rings. The standard InChI is InChI=1S/C19H21N3OS/c1-13-9-10-16(14(2)11-13)20-17(23)12-19(3)22-21-18(24-19)15-7-5-4-6-8-15/h4-11,22H,12H2,1-3H3,(H,20,23). The van der Waals surface area contributed by atoms with E-state index in [1.807, 2.05) is 63.2 Å². The zero-order chi connectivity index (χ0) is 17.2. The van der Waals surface area contributed by atoms with Gasteiger partial charge >= 0.3 is 0 Å². The number of anilines is 1. The second-order valence-electron chi connectivity index (χ2n) is 6.27. The maximum Gasteiger partial charge on any atom is 0.227 e. The first-order valence-corrected chi connectivity index (χ1v) is 8.73. The minimum atomic E-state index is -0.437. The molecule has 3 rings (SSSR count). The molecule has 0 aliphatic carbocycles. The molecule has 2 aromatic rings. The number of hydrazone groups is 1. The van der Waals surface area contributed by atoms with Crippen LogP contribution in [0.3, 0.4) is 0 Å². The van der Waals surface area contributed by atoms with Crippen molar-refractivity contribution in [1.82, 2.24) is 5.43 Å². The molecule has 0 aromatic heterocycles. The number of hydrogen-bond donors (Lipinski definition) is 2. The van der Waals surface area contributed by atoms with Crippen LogP contribution in [-0.4, -0.2) is 15.8 Å². The fraction of sp³-hybridized carbons (Fsp3) is 0.263. The predicted molar refractivity (Wildman–Crippen MR) is 101 cm³/mol. The molecule has 1 amide bonds. The lowest BCUT2D eigenvalue weighted by molar-refractivity contribution is -0.116. The highest BCUT2D eigenvalue weighted by Gasteiger charge is 2.35. The predicted octanol–water partition coefficient (Wildman–Crippen LogP) is 4.05. The van der Waals surface area contributed by atoms with Crippen LogP contribution in [0.15, 0.2) is 53.6 Å². The van der Waals surface area contributed by atoms with Gasteiger partial charge in [-0.2, -0.15) is 5.10 Å². The number of rotatable bonds is 4. The minimum absolute atomic E-state index is 0.0195. The average Bonchev–Trinajstić information content (AvgIpc) is 2.93. The molecule has 0 saturated carbocycles. The van der Waals surface area contributed by atoms with Crippen LogP contribution in [0.4, 0.5) is 5.69 Å². The summed E-state index contributed by atoms with van der Waals surface area (Å²) in [5.41, 5.74) is 7.30. The van der Waals surface area contributed by atoms with E-state index in [1.54, 1.807) is 11.8 Å². The number of hydrogen-bond acceptors (Lipinski definition) is 4. The van der Waals surface area contributed by atoms with Gasteiger partial charge in [-0.1, -0.05) is 59.8 Å². The first-order valence-electron chi connectivity index (χ1n) is 7.92. The van der Waals surface area contributed by atoms with E-state index >= 15 is 0 Å². The summed E-state index contributed by atoms with van der Waals surface area (Å²) < 4.78 is 0. The highest BCUT2D eigenvalue weighted by molar-refractivity contribution is 8.15. The molecule has 5 heteroatoms. The van der Waals surface area contributed by atoms with Gasteiger partial charge < -0.3 is 5.32 Å². The van der Waals surface area contributed by atoms with Gasteiger partial charge in [0.2, 0.25) is 5.91 Å². The Morgan fingerprint density at radius 1 is 1.21 bits per heavy atom. The molecule has 0 saturated heterocycles. The quantitative estimate of drug-likeness (QED) is 0.884. The van der Waals surface area contributed by atoms with Crippen molar-refractivity contribution < 1.29 is 4.79 Å². The Morgan fingerprint density at radius 2 is 1.96 bits per heavy atom. The summed E-state index contributed by atoms with van der Waals surface area (Å²) in [6, 6.07) is 16.0. The van der Waals surface area contributed by atoms with Gasteiger partial charge in [0.25, 0.3) is 0 Å². The van der Waals surface area contributed by atoms with Crippen LogP contribution in [0, 0.1) is 13.8 Å².